The zero-order valence-electron chi connectivity index (χ0n) is 18.6. The largest absolute Gasteiger partial charge is 0.493 e. The molecule has 1 aromatic rings. The Bertz CT molecular complexity index is 640. The van der Waals surface area contributed by atoms with Gasteiger partial charge in [-0.15, -0.1) is 0 Å². The Hall–Kier alpha value is -1.07. The minimum absolute atomic E-state index is 0.0886. The van der Waals surface area contributed by atoms with Crippen LogP contribution in [0.1, 0.15) is 109 Å². The SMILES string of the molecule is CCCCCCCCCCCCCCCCCOc1ccc(S(=O)(=O)O)cc1C. The molecule has 0 fully saturated rings. The van der Waals surface area contributed by atoms with Crippen molar-refractivity contribution < 1.29 is 17.7 Å². The quantitative estimate of drug-likeness (QED) is 0.195. The van der Waals surface area contributed by atoms with Crippen molar-refractivity contribution in [3.05, 3.63) is 23.8 Å². The first-order valence-corrected chi connectivity index (χ1v) is 13.1. The van der Waals surface area contributed by atoms with E-state index in [9.17, 15) is 8.42 Å². The minimum Gasteiger partial charge on any atom is -0.493 e. The number of unbranched alkanes of at least 4 members (excludes halogenated alkanes) is 14. The predicted molar refractivity (Wildman–Crippen MR) is 121 cm³/mol. The molecular formula is C24H42O4S. The lowest BCUT2D eigenvalue weighted by Crippen LogP contribution is -2.02. The average molecular weight is 427 g/mol. The third-order valence-electron chi connectivity index (χ3n) is 5.45. The monoisotopic (exact) mass is 426 g/mol. The topological polar surface area (TPSA) is 63.6 Å². The molecule has 0 saturated heterocycles. The first kappa shape index (κ1) is 26.0. The van der Waals surface area contributed by atoms with Gasteiger partial charge >= 0.3 is 0 Å². The van der Waals surface area contributed by atoms with Gasteiger partial charge in [0.05, 0.1) is 11.5 Å². The molecule has 1 aromatic carbocycles. The highest BCUT2D eigenvalue weighted by Crippen LogP contribution is 2.22. The standard InChI is InChI=1S/C24H42O4S/c1-3-4-5-6-7-8-9-10-11-12-13-14-15-16-17-20-28-24-19-18-23(21-22(24)2)29(25,26)27/h18-19,21H,3-17,20H2,1-2H3,(H,25,26,27). The van der Waals surface area contributed by atoms with Gasteiger partial charge < -0.3 is 4.74 Å². The van der Waals surface area contributed by atoms with Crippen LogP contribution in [0.3, 0.4) is 0 Å². The first-order valence-electron chi connectivity index (χ1n) is 11.7. The predicted octanol–water partition coefficient (Wildman–Crippen LogP) is 7.49. The molecule has 1 rings (SSSR count). The van der Waals surface area contributed by atoms with Crippen LogP contribution in [0.15, 0.2) is 23.1 Å². The Kier molecular flexibility index (Phi) is 14.1. The van der Waals surface area contributed by atoms with E-state index in [0.29, 0.717) is 12.4 Å². The molecule has 0 aliphatic heterocycles. The molecule has 1 N–H and O–H groups in total. The normalized spacial score (nSPS) is 11.7. The molecule has 0 radical (unpaired) electrons. The molecule has 168 valence electrons. The molecule has 0 amide bonds. The fraction of sp³-hybridized carbons (Fsp3) is 0.750. The van der Waals surface area contributed by atoms with Crippen LogP contribution in [0.25, 0.3) is 0 Å². The van der Waals surface area contributed by atoms with Crippen LogP contribution in [0.4, 0.5) is 0 Å². The molecular weight excluding hydrogens is 384 g/mol. The highest BCUT2D eigenvalue weighted by molar-refractivity contribution is 7.85. The Morgan fingerprint density at radius 3 is 1.62 bits per heavy atom. The second-order valence-corrected chi connectivity index (χ2v) is 9.62. The van der Waals surface area contributed by atoms with Crippen molar-refractivity contribution in [3.63, 3.8) is 0 Å². The molecule has 0 heterocycles. The molecule has 0 unspecified atom stereocenters. The maximum absolute atomic E-state index is 11.1. The second-order valence-electron chi connectivity index (χ2n) is 8.20. The van der Waals surface area contributed by atoms with Crippen LogP contribution < -0.4 is 4.74 Å². The fourth-order valence-corrected chi connectivity index (χ4v) is 4.17. The lowest BCUT2D eigenvalue weighted by atomic mass is 10.0. The van der Waals surface area contributed by atoms with Gasteiger partial charge in [-0.2, -0.15) is 8.42 Å². The van der Waals surface area contributed by atoms with Crippen molar-refractivity contribution in [2.24, 2.45) is 0 Å². The minimum atomic E-state index is -4.15. The van der Waals surface area contributed by atoms with Crippen LogP contribution in [0, 0.1) is 6.92 Å². The molecule has 0 aliphatic rings. The third kappa shape index (κ3) is 13.0. The van der Waals surface area contributed by atoms with Crippen molar-refractivity contribution in [3.8, 4) is 5.75 Å². The molecule has 0 aliphatic carbocycles. The van der Waals surface area contributed by atoms with Crippen LogP contribution in [-0.2, 0) is 10.1 Å². The first-order chi connectivity index (χ1) is 13.9. The summed E-state index contributed by atoms with van der Waals surface area (Å²) >= 11 is 0. The Morgan fingerprint density at radius 1 is 0.759 bits per heavy atom. The molecule has 29 heavy (non-hydrogen) atoms. The van der Waals surface area contributed by atoms with E-state index in [1.807, 2.05) is 0 Å². The summed E-state index contributed by atoms with van der Waals surface area (Å²) in [5.74, 6) is 0.683. The number of aryl methyl sites for hydroxylation is 1. The molecule has 0 atom stereocenters. The Balaban J connectivity index is 1.93. The molecule has 0 aromatic heterocycles. The molecule has 0 bridgehead atoms. The van der Waals surface area contributed by atoms with E-state index in [2.05, 4.69) is 6.92 Å². The van der Waals surface area contributed by atoms with Gasteiger partial charge in [-0.1, -0.05) is 96.8 Å². The highest BCUT2D eigenvalue weighted by atomic mass is 32.2. The lowest BCUT2D eigenvalue weighted by Gasteiger charge is -2.10. The summed E-state index contributed by atoms with van der Waals surface area (Å²) in [5, 5.41) is 0. The van der Waals surface area contributed by atoms with Gasteiger partial charge in [-0.3, -0.25) is 4.55 Å². The summed E-state index contributed by atoms with van der Waals surface area (Å²) in [6.07, 6.45) is 20.1. The smallest absolute Gasteiger partial charge is 0.294 e. The van der Waals surface area contributed by atoms with Gasteiger partial charge in [-0.25, -0.2) is 0 Å². The molecule has 4 nitrogen and oxygen atoms in total. The van der Waals surface area contributed by atoms with Gasteiger partial charge in [0.1, 0.15) is 5.75 Å². The average Bonchev–Trinajstić information content (AvgIpc) is 2.68. The maximum atomic E-state index is 11.1. The summed E-state index contributed by atoms with van der Waals surface area (Å²) in [6, 6.07) is 4.44. The van der Waals surface area contributed by atoms with Crippen LogP contribution in [0.2, 0.25) is 0 Å². The van der Waals surface area contributed by atoms with Gasteiger partial charge in [0.15, 0.2) is 0 Å². The second kappa shape index (κ2) is 15.7. The molecule has 0 saturated carbocycles. The Labute approximate surface area is 179 Å². The summed E-state index contributed by atoms with van der Waals surface area (Å²) < 4.78 is 37.1. The summed E-state index contributed by atoms with van der Waals surface area (Å²) in [4.78, 5) is -0.0886. The molecule has 0 spiro atoms. The van der Waals surface area contributed by atoms with Gasteiger partial charge in [0, 0.05) is 0 Å². The summed E-state index contributed by atoms with van der Waals surface area (Å²) in [6.45, 7) is 4.70. The van der Waals surface area contributed by atoms with Crippen molar-refractivity contribution in [2.45, 2.75) is 115 Å². The van der Waals surface area contributed by atoms with Gasteiger partial charge in [0.2, 0.25) is 0 Å². The summed E-state index contributed by atoms with van der Waals surface area (Å²) in [5.41, 5.74) is 0.723. The van der Waals surface area contributed by atoms with E-state index in [1.54, 1.807) is 13.0 Å². The third-order valence-corrected chi connectivity index (χ3v) is 6.30. The zero-order chi connectivity index (χ0) is 21.4. The number of rotatable bonds is 18. The molecule has 5 heteroatoms. The van der Waals surface area contributed by atoms with Gasteiger partial charge in [-0.05, 0) is 37.1 Å². The Morgan fingerprint density at radius 2 is 1.21 bits per heavy atom. The van der Waals surface area contributed by atoms with E-state index in [1.165, 1.54) is 102 Å². The number of ether oxygens (including phenoxy) is 1. The number of benzene rings is 1. The zero-order valence-corrected chi connectivity index (χ0v) is 19.4. The van der Waals surface area contributed by atoms with E-state index in [0.717, 1.165) is 12.0 Å². The fourth-order valence-electron chi connectivity index (χ4n) is 3.60. The van der Waals surface area contributed by atoms with Crippen molar-refractivity contribution in [2.75, 3.05) is 6.61 Å². The maximum Gasteiger partial charge on any atom is 0.294 e. The highest BCUT2D eigenvalue weighted by Gasteiger charge is 2.11. The number of hydrogen-bond donors (Lipinski definition) is 1. The van der Waals surface area contributed by atoms with Crippen molar-refractivity contribution in [1.82, 2.24) is 0 Å². The number of hydrogen-bond acceptors (Lipinski definition) is 3. The van der Waals surface area contributed by atoms with Crippen LogP contribution in [0.5, 0.6) is 5.75 Å². The van der Waals surface area contributed by atoms with Gasteiger partial charge in [0.25, 0.3) is 10.1 Å². The summed E-state index contributed by atoms with van der Waals surface area (Å²) in [7, 11) is -4.15. The van der Waals surface area contributed by atoms with E-state index >= 15 is 0 Å². The van der Waals surface area contributed by atoms with E-state index in [-0.39, 0.29) is 4.90 Å². The van der Waals surface area contributed by atoms with Crippen molar-refractivity contribution in [1.29, 1.82) is 0 Å². The van der Waals surface area contributed by atoms with Crippen LogP contribution >= 0.6 is 0 Å². The van der Waals surface area contributed by atoms with E-state index in [4.69, 9.17) is 9.29 Å². The van der Waals surface area contributed by atoms with Crippen molar-refractivity contribution >= 4 is 10.1 Å². The lowest BCUT2D eigenvalue weighted by molar-refractivity contribution is 0.302. The van der Waals surface area contributed by atoms with Crippen LogP contribution in [-0.4, -0.2) is 19.6 Å². The van der Waals surface area contributed by atoms with E-state index < -0.39 is 10.1 Å².